The van der Waals surface area contributed by atoms with E-state index < -0.39 is 0 Å². The Morgan fingerprint density at radius 1 is 0.957 bits per heavy atom. The Labute approximate surface area is 144 Å². The van der Waals surface area contributed by atoms with Gasteiger partial charge in [-0.2, -0.15) is 0 Å². The molecule has 0 aliphatic rings. The number of benzene rings is 2. The van der Waals surface area contributed by atoms with E-state index in [1.54, 1.807) is 0 Å². The summed E-state index contributed by atoms with van der Waals surface area (Å²) in [4.78, 5) is 0. The maximum atomic E-state index is 6.05. The summed E-state index contributed by atoms with van der Waals surface area (Å²) in [6.07, 6.45) is 0. The fraction of sp³-hybridized carbons (Fsp3) is 0.263. The first-order chi connectivity index (χ1) is 11.0. The highest BCUT2D eigenvalue weighted by Gasteiger charge is 2.38. The van der Waals surface area contributed by atoms with Crippen LogP contribution in [0.2, 0.25) is 0 Å². The molecule has 23 heavy (non-hydrogen) atoms. The molecule has 0 amide bonds. The minimum atomic E-state index is -0.333. The molecule has 1 atom stereocenters. The van der Waals surface area contributed by atoms with Crippen LogP contribution in [0.5, 0.6) is 0 Å². The zero-order valence-corrected chi connectivity index (χ0v) is 15.0. The van der Waals surface area contributed by atoms with E-state index in [4.69, 9.17) is 4.42 Å². The Hall–Kier alpha value is -1.94. The molecule has 3 rings (SSSR count). The van der Waals surface area contributed by atoms with Crippen molar-refractivity contribution in [3.05, 3.63) is 70.5 Å². The van der Waals surface area contributed by atoms with Crippen molar-refractivity contribution in [2.24, 2.45) is 5.92 Å². The zero-order valence-electron chi connectivity index (χ0n) is 13.5. The second-order valence-corrected chi connectivity index (χ2v) is 7.06. The molecule has 0 N–H and O–H groups in total. The van der Waals surface area contributed by atoms with Crippen LogP contribution in [0.1, 0.15) is 32.2 Å². The van der Waals surface area contributed by atoms with Gasteiger partial charge in [0.1, 0.15) is 0 Å². The molecule has 0 saturated heterocycles. The van der Waals surface area contributed by atoms with Gasteiger partial charge in [0.05, 0.1) is 5.41 Å². The van der Waals surface area contributed by atoms with E-state index >= 15 is 0 Å². The molecule has 0 radical (unpaired) electrons. The van der Waals surface area contributed by atoms with Gasteiger partial charge in [0.2, 0.25) is 11.8 Å². The molecule has 3 aromatic rings. The van der Waals surface area contributed by atoms with Crippen molar-refractivity contribution in [3.8, 4) is 11.5 Å². The average Bonchev–Trinajstić information content (AvgIpc) is 3.06. The van der Waals surface area contributed by atoms with E-state index in [1.807, 2.05) is 42.5 Å². The number of aromatic nitrogens is 2. The van der Waals surface area contributed by atoms with E-state index in [-0.39, 0.29) is 5.41 Å². The van der Waals surface area contributed by atoms with E-state index in [1.165, 1.54) is 5.56 Å². The summed E-state index contributed by atoms with van der Waals surface area (Å²) in [6.45, 7) is 6.51. The Balaban J connectivity index is 2.06. The van der Waals surface area contributed by atoms with Crippen molar-refractivity contribution >= 4 is 15.9 Å². The number of nitrogens with zero attached hydrogens (tertiary/aromatic N) is 2. The van der Waals surface area contributed by atoms with Crippen molar-refractivity contribution in [1.29, 1.82) is 0 Å². The van der Waals surface area contributed by atoms with Gasteiger partial charge in [0, 0.05) is 10.0 Å². The summed E-state index contributed by atoms with van der Waals surface area (Å²) in [6, 6.07) is 18.2. The van der Waals surface area contributed by atoms with Gasteiger partial charge in [-0.15, -0.1) is 10.2 Å². The molecule has 4 heteroatoms. The molecule has 0 aliphatic carbocycles. The quantitative estimate of drug-likeness (QED) is 0.611. The highest BCUT2D eigenvalue weighted by atomic mass is 79.9. The third kappa shape index (κ3) is 2.95. The highest BCUT2D eigenvalue weighted by molar-refractivity contribution is 9.10. The summed E-state index contributed by atoms with van der Waals surface area (Å²) in [7, 11) is 0. The first-order valence-corrected chi connectivity index (χ1v) is 8.46. The minimum Gasteiger partial charge on any atom is -0.420 e. The van der Waals surface area contributed by atoms with Gasteiger partial charge in [-0.05, 0) is 42.7 Å². The highest BCUT2D eigenvalue weighted by Crippen LogP contribution is 2.39. The normalized spacial score (nSPS) is 14.0. The van der Waals surface area contributed by atoms with Crippen molar-refractivity contribution in [2.45, 2.75) is 26.2 Å². The first-order valence-electron chi connectivity index (χ1n) is 7.67. The zero-order chi connectivity index (χ0) is 16.4. The van der Waals surface area contributed by atoms with E-state index in [0.29, 0.717) is 17.7 Å². The number of rotatable bonds is 4. The number of hydrogen-bond acceptors (Lipinski definition) is 3. The largest absolute Gasteiger partial charge is 0.420 e. The summed E-state index contributed by atoms with van der Waals surface area (Å²) in [5.74, 6) is 1.52. The third-order valence-corrected chi connectivity index (χ3v) is 5.02. The van der Waals surface area contributed by atoms with Gasteiger partial charge < -0.3 is 4.42 Å². The molecule has 1 aromatic heterocycles. The average molecular weight is 371 g/mol. The molecule has 0 saturated carbocycles. The summed E-state index contributed by atoms with van der Waals surface area (Å²) >= 11 is 3.49. The SMILES string of the molecule is CC(C)C(C)(c1ccc(Br)cc1)c1nnc(-c2ccccc2)o1. The molecular formula is C19H19BrN2O. The topological polar surface area (TPSA) is 38.9 Å². The second kappa shape index (κ2) is 6.28. The van der Waals surface area contributed by atoms with E-state index in [0.717, 1.165) is 10.0 Å². The third-order valence-electron chi connectivity index (χ3n) is 4.49. The van der Waals surface area contributed by atoms with Crippen LogP contribution in [0, 0.1) is 5.92 Å². The molecule has 0 spiro atoms. The van der Waals surface area contributed by atoms with Crippen LogP contribution in [0.3, 0.4) is 0 Å². The van der Waals surface area contributed by atoms with Crippen molar-refractivity contribution in [1.82, 2.24) is 10.2 Å². The standard InChI is InChI=1S/C19H19BrN2O/c1-13(2)19(3,15-9-11-16(20)12-10-15)18-22-21-17(23-18)14-7-5-4-6-8-14/h4-13H,1-3H3. The number of halogens is 1. The number of hydrogen-bond donors (Lipinski definition) is 0. The lowest BCUT2D eigenvalue weighted by atomic mass is 9.73. The van der Waals surface area contributed by atoms with Crippen molar-refractivity contribution in [2.75, 3.05) is 0 Å². The van der Waals surface area contributed by atoms with Gasteiger partial charge in [0.15, 0.2) is 0 Å². The van der Waals surface area contributed by atoms with Crippen LogP contribution in [-0.2, 0) is 5.41 Å². The first kappa shape index (κ1) is 15.9. The fourth-order valence-electron chi connectivity index (χ4n) is 2.63. The molecule has 1 heterocycles. The van der Waals surface area contributed by atoms with Gasteiger partial charge in [-0.25, -0.2) is 0 Å². The minimum absolute atomic E-state index is 0.313. The Bertz CT molecular complexity index is 781. The van der Waals surface area contributed by atoms with Crippen molar-refractivity contribution < 1.29 is 4.42 Å². The Morgan fingerprint density at radius 2 is 1.61 bits per heavy atom. The van der Waals surface area contributed by atoms with Crippen LogP contribution in [-0.4, -0.2) is 10.2 Å². The molecule has 118 valence electrons. The monoisotopic (exact) mass is 370 g/mol. The fourth-order valence-corrected chi connectivity index (χ4v) is 2.89. The van der Waals surface area contributed by atoms with Crippen LogP contribution in [0.4, 0.5) is 0 Å². The van der Waals surface area contributed by atoms with Crippen molar-refractivity contribution in [3.63, 3.8) is 0 Å². The molecule has 1 unspecified atom stereocenters. The van der Waals surface area contributed by atoms with Crippen LogP contribution < -0.4 is 0 Å². The summed E-state index contributed by atoms with van der Waals surface area (Å²) < 4.78 is 7.11. The maximum absolute atomic E-state index is 6.05. The van der Waals surface area contributed by atoms with Gasteiger partial charge in [-0.3, -0.25) is 0 Å². The maximum Gasteiger partial charge on any atom is 0.247 e. The predicted octanol–water partition coefficient (Wildman–Crippen LogP) is 5.46. The smallest absolute Gasteiger partial charge is 0.247 e. The van der Waals surface area contributed by atoms with Crippen LogP contribution >= 0.6 is 15.9 Å². The van der Waals surface area contributed by atoms with Gasteiger partial charge >= 0.3 is 0 Å². The van der Waals surface area contributed by atoms with E-state index in [9.17, 15) is 0 Å². The molecule has 0 fully saturated rings. The molecule has 0 aliphatic heterocycles. The predicted molar refractivity (Wildman–Crippen MR) is 95.2 cm³/mol. The lowest BCUT2D eigenvalue weighted by Gasteiger charge is -2.30. The molecule has 0 bridgehead atoms. The Morgan fingerprint density at radius 3 is 2.22 bits per heavy atom. The lowest BCUT2D eigenvalue weighted by Crippen LogP contribution is -2.30. The molecule has 3 nitrogen and oxygen atoms in total. The molecular weight excluding hydrogens is 352 g/mol. The molecule has 2 aromatic carbocycles. The summed E-state index contributed by atoms with van der Waals surface area (Å²) in [5.41, 5.74) is 1.77. The second-order valence-electron chi connectivity index (χ2n) is 6.14. The lowest BCUT2D eigenvalue weighted by molar-refractivity contribution is 0.316. The van der Waals surface area contributed by atoms with Gasteiger partial charge in [0.25, 0.3) is 0 Å². The summed E-state index contributed by atoms with van der Waals surface area (Å²) in [5, 5.41) is 8.61. The van der Waals surface area contributed by atoms with Crippen LogP contribution in [0.25, 0.3) is 11.5 Å². The van der Waals surface area contributed by atoms with Crippen LogP contribution in [0.15, 0.2) is 63.5 Å². The van der Waals surface area contributed by atoms with Gasteiger partial charge in [-0.1, -0.05) is 60.1 Å². The van der Waals surface area contributed by atoms with E-state index in [2.05, 4.69) is 59.0 Å². The Kier molecular flexibility index (Phi) is 4.35.